The smallest absolute Gasteiger partial charge is 0.123 e. The van der Waals surface area contributed by atoms with Crippen molar-refractivity contribution in [2.75, 3.05) is 13.6 Å². The number of rotatable bonds is 2. The zero-order valence-electron chi connectivity index (χ0n) is 9.39. The van der Waals surface area contributed by atoms with E-state index in [0.29, 0.717) is 11.8 Å². The van der Waals surface area contributed by atoms with E-state index in [1.165, 1.54) is 24.0 Å². The van der Waals surface area contributed by atoms with E-state index in [9.17, 15) is 4.39 Å². The van der Waals surface area contributed by atoms with Gasteiger partial charge in [-0.05, 0) is 55.0 Å². The minimum absolute atomic E-state index is 0.106. The van der Waals surface area contributed by atoms with Crippen LogP contribution < -0.4 is 5.32 Å². The first-order valence-electron chi connectivity index (χ1n) is 5.66. The highest BCUT2D eigenvalue weighted by molar-refractivity contribution is 5.36. The molecular formula is C13H18FN. The van der Waals surface area contributed by atoms with E-state index in [-0.39, 0.29) is 5.82 Å². The standard InChI is InChI=1S/C13H18FN/c1-9-3-4-10(8-15-2)12-6-5-11(14)7-13(9)12/h5-7,9-10,15H,3-4,8H2,1-2H3. The molecule has 2 heteroatoms. The molecule has 0 saturated carbocycles. The molecule has 82 valence electrons. The van der Waals surface area contributed by atoms with Crippen LogP contribution in [0.5, 0.6) is 0 Å². The maximum Gasteiger partial charge on any atom is 0.123 e. The Bertz CT molecular complexity index is 348. The maximum absolute atomic E-state index is 13.2. The molecule has 0 aromatic heterocycles. The van der Waals surface area contributed by atoms with Crippen LogP contribution in [0.2, 0.25) is 0 Å². The Morgan fingerprint density at radius 1 is 1.33 bits per heavy atom. The monoisotopic (exact) mass is 207 g/mol. The van der Waals surface area contributed by atoms with Gasteiger partial charge in [0.15, 0.2) is 0 Å². The molecule has 0 radical (unpaired) electrons. The van der Waals surface area contributed by atoms with Crippen LogP contribution in [0.4, 0.5) is 4.39 Å². The molecule has 2 atom stereocenters. The molecule has 0 amide bonds. The van der Waals surface area contributed by atoms with Crippen LogP contribution in [0.1, 0.15) is 42.7 Å². The summed E-state index contributed by atoms with van der Waals surface area (Å²) in [6, 6.07) is 5.25. The van der Waals surface area contributed by atoms with Gasteiger partial charge in [-0.2, -0.15) is 0 Å². The molecule has 2 rings (SSSR count). The van der Waals surface area contributed by atoms with Crippen molar-refractivity contribution >= 4 is 0 Å². The van der Waals surface area contributed by atoms with Crippen molar-refractivity contribution in [2.45, 2.75) is 31.6 Å². The van der Waals surface area contributed by atoms with Crippen LogP contribution in [0, 0.1) is 5.82 Å². The normalized spacial score (nSPS) is 25.0. The number of halogens is 1. The zero-order chi connectivity index (χ0) is 10.8. The Balaban J connectivity index is 2.36. The fraction of sp³-hybridized carbons (Fsp3) is 0.538. The largest absolute Gasteiger partial charge is 0.319 e. The van der Waals surface area contributed by atoms with Crippen molar-refractivity contribution in [3.8, 4) is 0 Å². The van der Waals surface area contributed by atoms with Gasteiger partial charge in [0.25, 0.3) is 0 Å². The number of hydrogen-bond acceptors (Lipinski definition) is 1. The van der Waals surface area contributed by atoms with E-state index in [1.807, 2.05) is 13.1 Å². The van der Waals surface area contributed by atoms with Crippen LogP contribution >= 0.6 is 0 Å². The van der Waals surface area contributed by atoms with Gasteiger partial charge in [-0.25, -0.2) is 4.39 Å². The molecule has 1 aliphatic rings. The fourth-order valence-electron chi connectivity index (χ4n) is 2.56. The number of fused-ring (bicyclic) bond motifs is 1. The summed E-state index contributed by atoms with van der Waals surface area (Å²) in [5, 5.41) is 3.21. The lowest BCUT2D eigenvalue weighted by Crippen LogP contribution is -2.22. The zero-order valence-corrected chi connectivity index (χ0v) is 9.39. The molecule has 0 fully saturated rings. The first-order chi connectivity index (χ1) is 7.22. The van der Waals surface area contributed by atoms with Crippen molar-refractivity contribution in [2.24, 2.45) is 0 Å². The molecule has 1 aromatic carbocycles. The second-order valence-corrected chi connectivity index (χ2v) is 4.51. The van der Waals surface area contributed by atoms with E-state index in [0.717, 1.165) is 6.54 Å². The van der Waals surface area contributed by atoms with Crippen LogP contribution in [-0.4, -0.2) is 13.6 Å². The lowest BCUT2D eigenvalue weighted by atomic mass is 9.77. The topological polar surface area (TPSA) is 12.0 Å². The van der Waals surface area contributed by atoms with Crippen molar-refractivity contribution < 1.29 is 4.39 Å². The highest BCUT2D eigenvalue weighted by Gasteiger charge is 2.24. The van der Waals surface area contributed by atoms with Gasteiger partial charge in [0.05, 0.1) is 0 Å². The Kier molecular flexibility index (Phi) is 3.06. The van der Waals surface area contributed by atoms with E-state index in [4.69, 9.17) is 0 Å². The van der Waals surface area contributed by atoms with Crippen molar-refractivity contribution in [3.63, 3.8) is 0 Å². The summed E-state index contributed by atoms with van der Waals surface area (Å²) in [6.45, 7) is 3.18. The number of likely N-dealkylation sites (N-methyl/N-ethyl adjacent to an activating group) is 1. The summed E-state index contributed by atoms with van der Waals surface area (Å²) in [5.74, 6) is 0.955. The van der Waals surface area contributed by atoms with E-state index in [2.05, 4.69) is 12.2 Å². The van der Waals surface area contributed by atoms with E-state index < -0.39 is 0 Å². The molecule has 2 unspecified atom stereocenters. The number of benzene rings is 1. The average molecular weight is 207 g/mol. The Morgan fingerprint density at radius 3 is 2.87 bits per heavy atom. The Labute approximate surface area is 90.7 Å². The SMILES string of the molecule is CNCC1CCC(C)c2cc(F)ccc21. The lowest BCUT2D eigenvalue weighted by Gasteiger charge is -2.29. The van der Waals surface area contributed by atoms with Gasteiger partial charge in [0, 0.05) is 6.54 Å². The Hall–Kier alpha value is -0.890. The summed E-state index contributed by atoms with van der Waals surface area (Å²) in [6.07, 6.45) is 2.38. The van der Waals surface area contributed by atoms with Gasteiger partial charge in [0.2, 0.25) is 0 Å². The summed E-state index contributed by atoms with van der Waals surface area (Å²) < 4.78 is 13.2. The van der Waals surface area contributed by atoms with Crippen molar-refractivity contribution in [3.05, 3.63) is 35.1 Å². The molecule has 1 aromatic rings. The van der Waals surface area contributed by atoms with Gasteiger partial charge in [-0.15, -0.1) is 0 Å². The minimum Gasteiger partial charge on any atom is -0.319 e. The minimum atomic E-state index is -0.106. The van der Waals surface area contributed by atoms with Gasteiger partial charge in [0.1, 0.15) is 5.82 Å². The van der Waals surface area contributed by atoms with Gasteiger partial charge < -0.3 is 5.32 Å². The molecular weight excluding hydrogens is 189 g/mol. The first kappa shape index (κ1) is 10.6. The second-order valence-electron chi connectivity index (χ2n) is 4.51. The predicted molar refractivity (Wildman–Crippen MR) is 60.7 cm³/mol. The third-order valence-electron chi connectivity index (χ3n) is 3.42. The molecule has 0 saturated heterocycles. The number of hydrogen-bond donors (Lipinski definition) is 1. The molecule has 1 aliphatic carbocycles. The van der Waals surface area contributed by atoms with Crippen LogP contribution in [0.15, 0.2) is 18.2 Å². The summed E-state index contributed by atoms with van der Waals surface area (Å²) in [4.78, 5) is 0. The third kappa shape index (κ3) is 2.05. The summed E-state index contributed by atoms with van der Waals surface area (Å²) in [5.41, 5.74) is 2.55. The molecule has 1 nitrogen and oxygen atoms in total. The maximum atomic E-state index is 13.2. The fourth-order valence-corrected chi connectivity index (χ4v) is 2.56. The first-order valence-corrected chi connectivity index (χ1v) is 5.66. The predicted octanol–water partition coefficient (Wildman–Crippen LogP) is 3.03. The molecule has 0 heterocycles. The van der Waals surface area contributed by atoms with E-state index in [1.54, 1.807) is 12.1 Å². The van der Waals surface area contributed by atoms with Crippen LogP contribution in [0.3, 0.4) is 0 Å². The lowest BCUT2D eigenvalue weighted by molar-refractivity contribution is 0.483. The third-order valence-corrected chi connectivity index (χ3v) is 3.42. The van der Waals surface area contributed by atoms with Crippen molar-refractivity contribution in [1.82, 2.24) is 5.32 Å². The highest BCUT2D eigenvalue weighted by Crippen LogP contribution is 2.38. The Morgan fingerprint density at radius 2 is 2.13 bits per heavy atom. The highest BCUT2D eigenvalue weighted by atomic mass is 19.1. The van der Waals surface area contributed by atoms with Crippen LogP contribution in [0.25, 0.3) is 0 Å². The second kappa shape index (κ2) is 4.31. The summed E-state index contributed by atoms with van der Waals surface area (Å²) >= 11 is 0. The molecule has 15 heavy (non-hydrogen) atoms. The van der Waals surface area contributed by atoms with Gasteiger partial charge in [-0.3, -0.25) is 0 Å². The molecule has 0 spiro atoms. The molecule has 1 N–H and O–H groups in total. The number of nitrogens with one attached hydrogen (secondary N) is 1. The average Bonchev–Trinajstić information content (AvgIpc) is 2.23. The quantitative estimate of drug-likeness (QED) is 0.786. The van der Waals surface area contributed by atoms with Crippen molar-refractivity contribution in [1.29, 1.82) is 0 Å². The van der Waals surface area contributed by atoms with Gasteiger partial charge >= 0.3 is 0 Å². The van der Waals surface area contributed by atoms with Gasteiger partial charge in [-0.1, -0.05) is 13.0 Å². The van der Waals surface area contributed by atoms with Crippen LogP contribution in [-0.2, 0) is 0 Å². The summed E-state index contributed by atoms with van der Waals surface area (Å²) in [7, 11) is 1.97. The molecule has 0 bridgehead atoms. The molecule has 0 aliphatic heterocycles. The van der Waals surface area contributed by atoms with E-state index >= 15 is 0 Å².